The second kappa shape index (κ2) is 5.09. The van der Waals surface area contributed by atoms with Gasteiger partial charge in [-0.3, -0.25) is 15.1 Å². The van der Waals surface area contributed by atoms with Crippen LogP contribution in [0.4, 0.5) is 5.69 Å². The molecule has 1 aromatic carbocycles. The number of hydrogen-bond donors (Lipinski definition) is 1. The second-order valence-corrected chi connectivity index (χ2v) is 3.59. The van der Waals surface area contributed by atoms with Crippen molar-refractivity contribution in [2.75, 3.05) is 0 Å². The van der Waals surface area contributed by atoms with Crippen LogP contribution in [0.2, 0.25) is 0 Å². The molecule has 0 saturated carbocycles. The first-order chi connectivity index (χ1) is 8.66. The number of nitrogens with zero attached hydrogens (tertiary/aromatic N) is 2. The average molecular weight is 242 g/mol. The largest absolute Gasteiger partial charge is 0.507 e. The quantitative estimate of drug-likeness (QED) is 0.509. The molecule has 0 aliphatic rings. The molecular formula is C13H10N2O3. The maximum atomic E-state index is 10.5. The summed E-state index contributed by atoms with van der Waals surface area (Å²) in [5.74, 6) is 0.0172. The molecule has 1 aromatic heterocycles. The molecule has 0 amide bonds. The molecule has 0 fully saturated rings. The molecule has 0 radical (unpaired) electrons. The summed E-state index contributed by atoms with van der Waals surface area (Å²) in [5, 5.41) is 20.3. The van der Waals surface area contributed by atoms with E-state index in [4.69, 9.17) is 0 Å². The number of non-ortho nitro benzene ring substituents is 1. The Morgan fingerprint density at radius 1 is 1.22 bits per heavy atom. The molecule has 90 valence electrons. The van der Waals surface area contributed by atoms with Crippen LogP contribution in [0.25, 0.3) is 11.8 Å². The van der Waals surface area contributed by atoms with Crippen LogP contribution in [0.15, 0.2) is 48.7 Å². The standard InChI is InChI=1S/C13H10N2O3/c16-13(9-11-3-1-2-8-14-11)10-4-6-12(7-5-10)15(17)18/h1-9,16H/b13-9+. The summed E-state index contributed by atoms with van der Waals surface area (Å²) in [7, 11) is 0. The third kappa shape index (κ3) is 2.70. The van der Waals surface area contributed by atoms with Gasteiger partial charge in [-0.25, -0.2) is 0 Å². The van der Waals surface area contributed by atoms with Crippen molar-refractivity contribution in [3.63, 3.8) is 0 Å². The van der Waals surface area contributed by atoms with Crippen molar-refractivity contribution in [3.05, 3.63) is 70.0 Å². The molecule has 0 saturated heterocycles. The number of hydrogen-bond acceptors (Lipinski definition) is 4. The zero-order valence-electron chi connectivity index (χ0n) is 9.35. The highest BCUT2D eigenvalue weighted by molar-refractivity contribution is 5.75. The van der Waals surface area contributed by atoms with E-state index in [1.165, 1.54) is 30.3 Å². The summed E-state index contributed by atoms with van der Waals surface area (Å²) in [4.78, 5) is 14.1. The van der Waals surface area contributed by atoms with E-state index in [-0.39, 0.29) is 11.4 Å². The summed E-state index contributed by atoms with van der Waals surface area (Å²) in [6, 6.07) is 11.0. The van der Waals surface area contributed by atoms with Crippen LogP contribution in [-0.4, -0.2) is 15.0 Å². The Bertz CT molecular complexity index is 577. The van der Waals surface area contributed by atoms with Crippen molar-refractivity contribution in [3.8, 4) is 0 Å². The Labute approximate surface area is 103 Å². The van der Waals surface area contributed by atoms with Gasteiger partial charge in [-0.05, 0) is 24.3 Å². The number of aromatic nitrogens is 1. The molecule has 18 heavy (non-hydrogen) atoms. The van der Waals surface area contributed by atoms with Crippen molar-refractivity contribution >= 4 is 17.5 Å². The summed E-state index contributed by atoms with van der Waals surface area (Å²) < 4.78 is 0. The maximum absolute atomic E-state index is 10.5. The molecule has 0 unspecified atom stereocenters. The molecule has 0 atom stereocenters. The molecule has 0 spiro atoms. The zero-order chi connectivity index (χ0) is 13.0. The van der Waals surface area contributed by atoms with Crippen LogP contribution in [0, 0.1) is 10.1 Å². The molecule has 1 N–H and O–H groups in total. The van der Waals surface area contributed by atoms with Gasteiger partial charge in [0, 0.05) is 30.0 Å². The van der Waals surface area contributed by atoms with Gasteiger partial charge in [0.05, 0.1) is 10.6 Å². The van der Waals surface area contributed by atoms with Crippen LogP contribution < -0.4 is 0 Å². The maximum Gasteiger partial charge on any atom is 0.269 e. The van der Waals surface area contributed by atoms with Gasteiger partial charge in [-0.15, -0.1) is 0 Å². The van der Waals surface area contributed by atoms with Crippen molar-refractivity contribution in [2.45, 2.75) is 0 Å². The Hall–Kier alpha value is -2.69. The number of aliphatic hydroxyl groups is 1. The normalized spacial score (nSPS) is 11.2. The molecular weight excluding hydrogens is 232 g/mol. The first-order valence-corrected chi connectivity index (χ1v) is 5.23. The zero-order valence-corrected chi connectivity index (χ0v) is 9.35. The van der Waals surface area contributed by atoms with Gasteiger partial charge in [0.15, 0.2) is 0 Å². The van der Waals surface area contributed by atoms with E-state index < -0.39 is 4.92 Å². The third-order valence-electron chi connectivity index (χ3n) is 2.35. The number of benzene rings is 1. The summed E-state index contributed by atoms with van der Waals surface area (Å²) >= 11 is 0. The lowest BCUT2D eigenvalue weighted by molar-refractivity contribution is -0.384. The van der Waals surface area contributed by atoms with E-state index in [1.807, 2.05) is 6.07 Å². The van der Waals surface area contributed by atoms with Crippen LogP contribution in [0.5, 0.6) is 0 Å². The Kier molecular flexibility index (Phi) is 3.33. The lowest BCUT2D eigenvalue weighted by Gasteiger charge is -2.00. The molecule has 2 rings (SSSR count). The molecule has 5 heteroatoms. The number of nitro benzene ring substituents is 1. The first kappa shape index (κ1) is 11.8. The monoisotopic (exact) mass is 242 g/mol. The van der Waals surface area contributed by atoms with Gasteiger partial charge in [-0.1, -0.05) is 6.07 Å². The molecule has 0 aliphatic carbocycles. The van der Waals surface area contributed by atoms with E-state index >= 15 is 0 Å². The van der Waals surface area contributed by atoms with E-state index in [0.717, 1.165) is 0 Å². The number of nitro groups is 1. The summed E-state index contributed by atoms with van der Waals surface area (Å²) in [5.41, 5.74) is 1.11. The highest BCUT2D eigenvalue weighted by atomic mass is 16.6. The summed E-state index contributed by atoms with van der Waals surface area (Å²) in [6.45, 7) is 0. The average Bonchev–Trinajstić information content (AvgIpc) is 2.40. The Balaban J connectivity index is 2.26. The minimum atomic E-state index is -0.483. The van der Waals surface area contributed by atoms with Gasteiger partial charge in [-0.2, -0.15) is 0 Å². The van der Waals surface area contributed by atoms with Gasteiger partial charge in [0.1, 0.15) is 5.76 Å². The molecule has 5 nitrogen and oxygen atoms in total. The predicted molar refractivity (Wildman–Crippen MR) is 67.8 cm³/mol. The second-order valence-electron chi connectivity index (χ2n) is 3.59. The SMILES string of the molecule is O=[N+]([O-])c1ccc(/C(O)=C\c2ccccn2)cc1. The van der Waals surface area contributed by atoms with Gasteiger partial charge < -0.3 is 5.11 Å². The fourth-order valence-electron chi connectivity index (χ4n) is 1.44. The molecule has 0 bridgehead atoms. The highest BCUT2D eigenvalue weighted by Gasteiger charge is 2.06. The Morgan fingerprint density at radius 2 is 1.94 bits per heavy atom. The highest BCUT2D eigenvalue weighted by Crippen LogP contribution is 2.18. The van der Waals surface area contributed by atoms with Gasteiger partial charge in [0.2, 0.25) is 0 Å². The summed E-state index contributed by atoms with van der Waals surface area (Å²) in [6.07, 6.45) is 3.12. The van der Waals surface area contributed by atoms with E-state index in [0.29, 0.717) is 11.3 Å². The lowest BCUT2D eigenvalue weighted by atomic mass is 10.1. The fourth-order valence-corrected chi connectivity index (χ4v) is 1.44. The van der Waals surface area contributed by atoms with E-state index in [2.05, 4.69) is 4.98 Å². The van der Waals surface area contributed by atoms with Crippen LogP contribution in [0.3, 0.4) is 0 Å². The van der Waals surface area contributed by atoms with Crippen LogP contribution >= 0.6 is 0 Å². The predicted octanol–water partition coefficient (Wildman–Crippen LogP) is 3.05. The van der Waals surface area contributed by atoms with Gasteiger partial charge >= 0.3 is 0 Å². The van der Waals surface area contributed by atoms with Crippen molar-refractivity contribution in [1.29, 1.82) is 0 Å². The molecule has 2 aromatic rings. The molecule has 1 heterocycles. The van der Waals surface area contributed by atoms with Crippen LogP contribution in [-0.2, 0) is 0 Å². The van der Waals surface area contributed by atoms with Crippen molar-refractivity contribution in [2.24, 2.45) is 0 Å². The van der Waals surface area contributed by atoms with Gasteiger partial charge in [0.25, 0.3) is 5.69 Å². The topological polar surface area (TPSA) is 76.3 Å². The lowest BCUT2D eigenvalue weighted by Crippen LogP contribution is -1.89. The number of rotatable bonds is 3. The first-order valence-electron chi connectivity index (χ1n) is 5.23. The Morgan fingerprint density at radius 3 is 2.50 bits per heavy atom. The number of aliphatic hydroxyl groups excluding tert-OH is 1. The van der Waals surface area contributed by atoms with Crippen LogP contribution in [0.1, 0.15) is 11.3 Å². The van der Waals surface area contributed by atoms with Crippen molar-refractivity contribution < 1.29 is 10.0 Å². The number of pyridine rings is 1. The van der Waals surface area contributed by atoms with Crippen molar-refractivity contribution in [1.82, 2.24) is 4.98 Å². The third-order valence-corrected chi connectivity index (χ3v) is 2.35. The minimum absolute atomic E-state index is 0.00983. The van der Waals surface area contributed by atoms with E-state index in [1.54, 1.807) is 18.3 Å². The smallest absolute Gasteiger partial charge is 0.269 e. The fraction of sp³-hybridized carbons (Fsp3) is 0. The molecule has 0 aliphatic heterocycles. The van der Waals surface area contributed by atoms with E-state index in [9.17, 15) is 15.2 Å². The minimum Gasteiger partial charge on any atom is -0.507 e.